The van der Waals surface area contributed by atoms with Crippen LogP contribution in [-0.2, 0) is 0 Å². The maximum absolute atomic E-state index is 4.62. The highest BCUT2D eigenvalue weighted by atomic mass is 32.1. The van der Waals surface area contributed by atoms with Crippen LogP contribution in [0.2, 0.25) is 0 Å². The third-order valence-electron chi connectivity index (χ3n) is 3.62. The van der Waals surface area contributed by atoms with Crippen molar-refractivity contribution in [2.45, 2.75) is 38.0 Å². The maximum atomic E-state index is 4.62. The number of hydrogen-bond donors (Lipinski definition) is 2. The van der Waals surface area contributed by atoms with E-state index in [1.807, 2.05) is 0 Å². The van der Waals surface area contributed by atoms with Gasteiger partial charge in [-0.2, -0.15) is 12.6 Å². The van der Waals surface area contributed by atoms with Gasteiger partial charge in [-0.1, -0.05) is 20.1 Å². The summed E-state index contributed by atoms with van der Waals surface area (Å²) in [5.74, 6) is 1.62. The number of nitrogens with zero attached hydrogens (tertiary/aromatic N) is 1. The molecule has 3 unspecified atom stereocenters. The van der Waals surface area contributed by atoms with Crippen molar-refractivity contribution >= 4 is 12.6 Å². The summed E-state index contributed by atoms with van der Waals surface area (Å²) in [4.78, 5) is 2.25. The molecule has 1 fully saturated rings. The number of thiol groups is 1. The van der Waals surface area contributed by atoms with Gasteiger partial charge in [-0.3, -0.25) is 0 Å². The summed E-state index contributed by atoms with van der Waals surface area (Å²) in [6.45, 7) is 12.4. The molecule has 0 radical (unpaired) electrons. The Morgan fingerprint density at radius 1 is 1.44 bits per heavy atom. The van der Waals surface area contributed by atoms with Crippen molar-refractivity contribution in [3.63, 3.8) is 0 Å². The molecule has 0 bridgehead atoms. The van der Waals surface area contributed by atoms with Gasteiger partial charge in [0, 0.05) is 23.2 Å². The number of hydrogen-bond acceptors (Lipinski definition) is 3. The maximum Gasteiger partial charge on any atom is 0.103 e. The molecule has 1 aliphatic carbocycles. The van der Waals surface area contributed by atoms with Gasteiger partial charge in [0.25, 0.3) is 0 Å². The molecule has 1 saturated carbocycles. The first-order chi connectivity index (χ1) is 7.49. The van der Waals surface area contributed by atoms with Gasteiger partial charge in [0.2, 0.25) is 0 Å². The zero-order chi connectivity index (χ0) is 11.9. The summed E-state index contributed by atoms with van der Waals surface area (Å²) < 4.78 is 0. The van der Waals surface area contributed by atoms with Gasteiger partial charge in [0.15, 0.2) is 0 Å². The molecule has 0 spiro atoms. The van der Waals surface area contributed by atoms with Crippen LogP contribution in [0.3, 0.4) is 0 Å². The third-order valence-corrected chi connectivity index (χ3v) is 4.34. The van der Waals surface area contributed by atoms with E-state index in [4.69, 9.17) is 0 Å². The predicted octanol–water partition coefficient (Wildman–Crippen LogP) is 2.88. The van der Waals surface area contributed by atoms with Gasteiger partial charge >= 0.3 is 0 Å². The quantitative estimate of drug-likeness (QED) is 0.681. The van der Waals surface area contributed by atoms with Gasteiger partial charge in [-0.15, -0.1) is 0 Å². The average Bonchev–Trinajstić information content (AvgIpc) is 2.53. The second-order valence-corrected chi connectivity index (χ2v) is 5.60. The van der Waals surface area contributed by atoms with Gasteiger partial charge in [0.1, 0.15) is 5.82 Å². The molecule has 3 atom stereocenters. The Labute approximate surface area is 104 Å². The largest absolute Gasteiger partial charge is 0.342 e. The topological polar surface area (TPSA) is 15.3 Å². The fourth-order valence-corrected chi connectivity index (χ4v) is 2.81. The Morgan fingerprint density at radius 3 is 2.69 bits per heavy atom. The van der Waals surface area contributed by atoms with Crippen molar-refractivity contribution in [3.05, 3.63) is 36.4 Å². The van der Waals surface area contributed by atoms with Gasteiger partial charge in [0.05, 0.1) is 0 Å². The highest BCUT2D eigenvalue weighted by Crippen LogP contribution is 2.35. The van der Waals surface area contributed by atoms with E-state index in [0.717, 1.165) is 17.9 Å². The standard InChI is InChI=1S/C13H20N2S/c1-8-5-12(6-13(8)16)15-7-9(2)10(3)14-11(15)4/h7-8,12-14,16H,3-6H2,1-2H3. The lowest BCUT2D eigenvalue weighted by atomic mass is 10.1. The summed E-state index contributed by atoms with van der Waals surface area (Å²) in [6.07, 6.45) is 4.47. The molecule has 2 rings (SSSR count). The van der Waals surface area contributed by atoms with Gasteiger partial charge < -0.3 is 10.2 Å². The third kappa shape index (κ3) is 2.01. The lowest BCUT2D eigenvalue weighted by Crippen LogP contribution is -2.37. The zero-order valence-electron chi connectivity index (χ0n) is 10.0. The van der Waals surface area contributed by atoms with Crippen molar-refractivity contribution in [2.24, 2.45) is 5.92 Å². The molecule has 1 heterocycles. The zero-order valence-corrected chi connectivity index (χ0v) is 10.9. The minimum absolute atomic E-state index is 0.511. The average molecular weight is 236 g/mol. The van der Waals surface area contributed by atoms with E-state index in [1.165, 1.54) is 12.0 Å². The summed E-state index contributed by atoms with van der Waals surface area (Å²) in [6, 6.07) is 0.528. The molecular formula is C13H20N2S. The number of rotatable bonds is 1. The molecular weight excluding hydrogens is 216 g/mol. The smallest absolute Gasteiger partial charge is 0.103 e. The van der Waals surface area contributed by atoms with Crippen molar-refractivity contribution in [1.82, 2.24) is 10.2 Å². The molecule has 2 nitrogen and oxygen atoms in total. The molecule has 0 saturated heterocycles. The summed E-state index contributed by atoms with van der Waals surface area (Å²) in [5, 5.41) is 3.74. The Balaban J connectivity index is 2.16. The summed E-state index contributed by atoms with van der Waals surface area (Å²) in [7, 11) is 0. The van der Waals surface area contributed by atoms with Crippen LogP contribution >= 0.6 is 12.6 Å². The number of nitrogens with one attached hydrogen (secondary N) is 1. The first-order valence-corrected chi connectivity index (χ1v) is 6.30. The first kappa shape index (κ1) is 11.6. The van der Waals surface area contributed by atoms with Crippen LogP contribution < -0.4 is 5.32 Å². The minimum atomic E-state index is 0.511. The molecule has 88 valence electrons. The monoisotopic (exact) mass is 236 g/mol. The van der Waals surface area contributed by atoms with E-state index in [9.17, 15) is 0 Å². The van der Waals surface area contributed by atoms with E-state index in [2.05, 4.69) is 56.1 Å². The molecule has 0 aromatic carbocycles. The second-order valence-electron chi connectivity index (χ2n) is 4.94. The molecule has 3 heteroatoms. The highest BCUT2D eigenvalue weighted by molar-refractivity contribution is 7.81. The first-order valence-electron chi connectivity index (χ1n) is 5.79. The van der Waals surface area contributed by atoms with Crippen LogP contribution in [-0.4, -0.2) is 16.2 Å². The summed E-state index contributed by atoms with van der Waals surface area (Å²) in [5.41, 5.74) is 2.14. The molecule has 0 aromatic rings. The molecule has 0 aromatic heterocycles. The predicted molar refractivity (Wildman–Crippen MR) is 72.0 cm³/mol. The Hall–Kier alpha value is -0.830. The van der Waals surface area contributed by atoms with Crippen molar-refractivity contribution in [1.29, 1.82) is 0 Å². The Kier molecular flexibility index (Phi) is 3.06. The van der Waals surface area contributed by atoms with Crippen LogP contribution in [0.4, 0.5) is 0 Å². The van der Waals surface area contributed by atoms with Crippen LogP contribution in [0.25, 0.3) is 0 Å². The van der Waals surface area contributed by atoms with Gasteiger partial charge in [-0.25, -0.2) is 0 Å². The minimum Gasteiger partial charge on any atom is -0.342 e. The summed E-state index contributed by atoms with van der Waals surface area (Å²) >= 11 is 4.62. The van der Waals surface area contributed by atoms with Gasteiger partial charge in [-0.05, 0) is 31.3 Å². The number of allylic oxidation sites excluding steroid dienone is 1. The van der Waals surface area contributed by atoms with Crippen molar-refractivity contribution < 1.29 is 0 Å². The fraction of sp³-hybridized carbons (Fsp3) is 0.538. The van der Waals surface area contributed by atoms with Crippen LogP contribution in [0.1, 0.15) is 26.7 Å². The molecule has 1 aliphatic heterocycles. The SMILES string of the molecule is C=C1NC(=C)N(C2CC(C)C(S)C2)C=C1C. The normalized spacial score (nSPS) is 35.1. The van der Waals surface area contributed by atoms with Crippen molar-refractivity contribution in [2.75, 3.05) is 0 Å². The highest BCUT2D eigenvalue weighted by Gasteiger charge is 2.33. The lowest BCUT2D eigenvalue weighted by molar-refractivity contribution is 0.313. The molecule has 0 amide bonds. The van der Waals surface area contributed by atoms with E-state index in [0.29, 0.717) is 17.2 Å². The Bertz CT molecular complexity index is 349. The van der Waals surface area contributed by atoms with E-state index in [-0.39, 0.29) is 0 Å². The van der Waals surface area contributed by atoms with E-state index >= 15 is 0 Å². The van der Waals surface area contributed by atoms with Crippen molar-refractivity contribution in [3.8, 4) is 0 Å². The second kappa shape index (κ2) is 4.21. The van der Waals surface area contributed by atoms with E-state index < -0.39 is 0 Å². The van der Waals surface area contributed by atoms with Crippen LogP contribution in [0, 0.1) is 5.92 Å². The van der Waals surface area contributed by atoms with Crippen LogP contribution in [0.5, 0.6) is 0 Å². The van der Waals surface area contributed by atoms with Crippen LogP contribution in [0.15, 0.2) is 36.4 Å². The molecule has 1 N–H and O–H groups in total. The Morgan fingerprint density at radius 2 is 2.12 bits per heavy atom. The fourth-order valence-electron chi connectivity index (χ4n) is 2.45. The molecule has 16 heavy (non-hydrogen) atoms. The lowest BCUT2D eigenvalue weighted by Gasteiger charge is -2.35. The van der Waals surface area contributed by atoms with E-state index in [1.54, 1.807) is 0 Å². The molecule has 2 aliphatic rings.